The lowest BCUT2D eigenvalue weighted by Crippen LogP contribution is -2.57. The van der Waals surface area contributed by atoms with Gasteiger partial charge in [-0.3, -0.25) is 4.79 Å². The molecule has 4 saturated heterocycles. The van der Waals surface area contributed by atoms with E-state index in [2.05, 4.69) is 27.2 Å². The number of para-hydroxylation sites is 1. The number of aromatic nitrogens is 1. The highest BCUT2D eigenvalue weighted by atomic mass is 35.5. The Hall–Kier alpha value is -2.61. The maximum absolute atomic E-state index is 13.2. The first-order chi connectivity index (χ1) is 15.8. The number of halogens is 1. The third kappa shape index (κ3) is 4.21. The van der Waals surface area contributed by atoms with Crippen LogP contribution in [0.3, 0.4) is 0 Å². The predicted molar refractivity (Wildman–Crippen MR) is 129 cm³/mol. The molecule has 1 amide bonds. The van der Waals surface area contributed by atoms with Crippen molar-refractivity contribution in [3.8, 4) is 0 Å². The topological polar surface area (TPSA) is 70.8 Å². The number of benzene rings is 2. The van der Waals surface area contributed by atoms with Gasteiger partial charge in [-0.15, -0.1) is 12.4 Å². The number of carbonyl (C=O) groups excluding carboxylic acids is 1. The molecule has 0 spiro atoms. The Balaban J connectivity index is 0.00000228. The van der Waals surface area contributed by atoms with E-state index in [1.54, 1.807) is 0 Å². The van der Waals surface area contributed by atoms with Gasteiger partial charge in [-0.1, -0.05) is 36.4 Å². The van der Waals surface area contributed by atoms with Crippen molar-refractivity contribution in [1.29, 1.82) is 0 Å². The fourth-order valence-electron chi connectivity index (χ4n) is 5.40. The summed E-state index contributed by atoms with van der Waals surface area (Å²) >= 11 is 0. The van der Waals surface area contributed by atoms with Crippen LogP contribution in [0, 0.1) is 5.92 Å². The molecule has 1 aromatic heterocycles. The molecule has 4 fully saturated rings. The first-order valence-electron chi connectivity index (χ1n) is 11.6. The number of oxazole rings is 1. The number of fused-ring (bicyclic) bond motifs is 4. The van der Waals surface area contributed by atoms with Crippen LogP contribution in [0.1, 0.15) is 34.8 Å². The predicted octanol–water partition coefficient (Wildman–Crippen LogP) is 3.65. The smallest absolute Gasteiger partial charge is 0.299 e. The molecule has 0 radical (unpaired) electrons. The van der Waals surface area contributed by atoms with Gasteiger partial charge in [0.15, 0.2) is 5.58 Å². The Morgan fingerprint density at radius 1 is 1.03 bits per heavy atom. The fraction of sp³-hybridized carbons (Fsp3) is 0.440. The number of rotatable bonds is 4. The summed E-state index contributed by atoms with van der Waals surface area (Å²) in [6.45, 7) is 5.14. The van der Waals surface area contributed by atoms with Crippen LogP contribution >= 0.6 is 12.4 Å². The molecule has 7 nitrogen and oxygen atoms in total. The van der Waals surface area contributed by atoms with Gasteiger partial charge in [0, 0.05) is 19.1 Å². The standard InChI is InChI=1S/C25H28N4O3.ClH/c30-24(26-20-15-28-11-9-17(20)10-12-28)19-7-4-8-22-23(19)27-25(32-22)29-13-14-31-16-21(29)18-5-2-1-3-6-18;/h1-8,17,20-21H,9-16H2,(H,26,30);1H/t20?,21-;/m1./s1. The zero-order valence-electron chi connectivity index (χ0n) is 18.5. The van der Waals surface area contributed by atoms with Crippen LogP contribution in [0.15, 0.2) is 52.9 Å². The average molecular weight is 469 g/mol. The zero-order valence-corrected chi connectivity index (χ0v) is 19.3. The molecular weight excluding hydrogens is 440 g/mol. The molecule has 174 valence electrons. The van der Waals surface area contributed by atoms with Crippen LogP contribution in [0.5, 0.6) is 0 Å². The molecule has 33 heavy (non-hydrogen) atoms. The molecule has 3 aromatic rings. The van der Waals surface area contributed by atoms with Crippen LogP contribution in [-0.2, 0) is 4.74 Å². The maximum Gasteiger partial charge on any atom is 0.299 e. The number of nitrogens with one attached hydrogen (secondary N) is 1. The van der Waals surface area contributed by atoms with Crippen molar-refractivity contribution >= 4 is 35.4 Å². The molecule has 2 atom stereocenters. The first-order valence-corrected chi connectivity index (χ1v) is 11.6. The largest absolute Gasteiger partial charge is 0.423 e. The van der Waals surface area contributed by atoms with Crippen LogP contribution in [0.2, 0.25) is 0 Å². The van der Waals surface area contributed by atoms with Crippen molar-refractivity contribution in [2.45, 2.75) is 24.9 Å². The summed E-state index contributed by atoms with van der Waals surface area (Å²) in [5, 5.41) is 3.29. The van der Waals surface area contributed by atoms with Crippen molar-refractivity contribution in [2.24, 2.45) is 5.92 Å². The van der Waals surface area contributed by atoms with Gasteiger partial charge in [-0.2, -0.15) is 4.98 Å². The van der Waals surface area contributed by atoms with E-state index in [1.807, 2.05) is 36.4 Å². The molecule has 1 unspecified atom stereocenters. The highest BCUT2D eigenvalue weighted by molar-refractivity contribution is 6.04. The molecule has 8 heteroatoms. The van der Waals surface area contributed by atoms with E-state index >= 15 is 0 Å². The maximum atomic E-state index is 13.2. The molecule has 1 N–H and O–H groups in total. The number of nitrogens with zero attached hydrogens (tertiary/aromatic N) is 3. The summed E-state index contributed by atoms with van der Waals surface area (Å²) in [5.74, 6) is 0.520. The number of amides is 1. The molecular formula is C25H29ClN4O3. The van der Waals surface area contributed by atoms with E-state index < -0.39 is 0 Å². The summed E-state index contributed by atoms with van der Waals surface area (Å²) in [6.07, 6.45) is 2.34. The summed E-state index contributed by atoms with van der Waals surface area (Å²) in [6, 6.07) is 16.7. The second kappa shape index (κ2) is 9.33. The number of hydrogen-bond donors (Lipinski definition) is 1. The molecule has 2 bridgehead atoms. The van der Waals surface area contributed by atoms with Gasteiger partial charge in [0.25, 0.3) is 11.9 Å². The number of ether oxygens (including phenoxy) is 1. The highest BCUT2D eigenvalue weighted by Crippen LogP contribution is 2.33. The third-order valence-corrected chi connectivity index (χ3v) is 7.18. The van der Waals surface area contributed by atoms with Crippen LogP contribution in [0.4, 0.5) is 6.01 Å². The lowest BCUT2D eigenvalue weighted by atomic mass is 9.84. The van der Waals surface area contributed by atoms with E-state index in [0.717, 1.165) is 25.2 Å². The van der Waals surface area contributed by atoms with Crippen molar-refractivity contribution < 1.29 is 13.9 Å². The van der Waals surface area contributed by atoms with Crippen molar-refractivity contribution in [1.82, 2.24) is 15.2 Å². The van der Waals surface area contributed by atoms with Crippen LogP contribution < -0.4 is 10.2 Å². The summed E-state index contributed by atoms with van der Waals surface area (Å²) in [4.78, 5) is 22.6. The number of piperidine rings is 3. The normalized spacial score (nSPS) is 26.7. The Kier molecular flexibility index (Phi) is 6.27. The summed E-state index contributed by atoms with van der Waals surface area (Å²) in [7, 11) is 0. The van der Waals surface area contributed by atoms with E-state index in [-0.39, 0.29) is 30.4 Å². The minimum Gasteiger partial charge on any atom is -0.423 e. The van der Waals surface area contributed by atoms with Crippen LogP contribution in [0.25, 0.3) is 11.1 Å². The molecule has 5 heterocycles. The van der Waals surface area contributed by atoms with Crippen molar-refractivity contribution in [3.63, 3.8) is 0 Å². The van der Waals surface area contributed by atoms with Crippen LogP contribution in [-0.4, -0.2) is 61.2 Å². The van der Waals surface area contributed by atoms with Gasteiger partial charge in [-0.05, 0) is 49.5 Å². The fourth-order valence-corrected chi connectivity index (χ4v) is 5.40. The second-order valence-corrected chi connectivity index (χ2v) is 9.06. The molecule has 2 aromatic carbocycles. The Labute approximate surface area is 199 Å². The average Bonchev–Trinajstić information content (AvgIpc) is 3.30. The number of hydrogen-bond acceptors (Lipinski definition) is 6. The van der Waals surface area contributed by atoms with Gasteiger partial charge < -0.3 is 24.3 Å². The van der Waals surface area contributed by atoms with Gasteiger partial charge in [-0.25, -0.2) is 0 Å². The lowest BCUT2D eigenvalue weighted by Gasteiger charge is -2.44. The third-order valence-electron chi connectivity index (χ3n) is 7.18. The van der Waals surface area contributed by atoms with E-state index in [1.165, 1.54) is 12.8 Å². The quantitative estimate of drug-likeness (QED) is 0.630. The van der Waals surface area contributed by atoms with Gasteiger partial charge >= 0.3 is 0 Å². The van der Waals surface area contributed by atoms with E-state index in [0.29, 0.717) is 48.4 Å². The SMILES string of the molecule is Cl.O=C(NC1CN2CCC1CC2)c1cccc2oc(N3CCOC[C@@H]3c3ccccc3)nc12. The number of anilines is 1. The van der Waals surface area contributed by atoms with E-state index in [9.17, 15) is 4.79 Å². The van der Waals surface area contributed by atoms with Crippen molar-refractivity contribution in [3.05, 3.63) is 59.7 Å². The number of morpholine rings is 1. The minimum absolute atomic E-state index is 0. The monoisotopic (exact) mass is 468 g/mol. The molecule has 0 aliphatic carbocycles. The Morgan fingerprint density at radius 3 is 2.61 bits per heavy atom. The molecule has 4 aliphatic rings. The minimum atomic E-state index is -0.0595. The van der Waals surface area contributed by atoms with Crippen molar-refractivity contribution in [2.75, 3.05) is 44.3 Å². The Morgan fingerprint density at radius 2 is 1.85 bits per heavy atom. The Bertz CT molecular complexity index is 1110. The molecule has 0 saturated carbocycles. The van der Waals surface area contributed by atoms with E-state index in [4.69, 9.17) is 14.1 Å². The zero-order chi connectivity index (χ0) is 21.5. The lowest BCUT2D eigenvalue weighted by molar-refractivity contribution is 0.0621. The van der Waals surface area contributed by atoms with Gasteiger partial charge in [0.2, 0.25) is 0 Å². The van der Waals surface area contributed by atoms with Gasteiger partial charge in [0.05, 0.1) is 24.8 Å². The van der Waals surface area contributed by atoms with Gasteiger partial charge in [0.1, 0.15) is 5.52 Å². The molecule has 7 rings (SSSR count). The molecule has 4 aliphatic heterocycles. The highest BCUT2D eigenvalue weighted by Gasteiger charge is 2.35. The number of carbonyl (C=O) groups is 1. The first kappa shape index (κ1) is 22.2. The second-order valence-electron chi connectivity index (χ2n) is 9.06. The summed E-state index contributed by atoms with van der Waals surface area (Å²) in [5.41, 5.74) is 3.01. The summed E-state index contributed by atoms with van der Waals surface area (Å²) < 4.78 is 11.9.